The van der Waals surface area contributed by atoms with E-state index in [-0.39, 0.29) is 10.8 Å². The Morgan fingerprint density at radius 2 is 0.757 bits per heavy atom. The highest BCUT2D eigenvalue weighted by molar-refractivity contribution is 6.11. The van der Waals surface area contributed by atoms with E-state index in [1.54, 1.807) is 0 Å². The van der Waals surface area contributed by atoms with Crippen molar-refractivity contribution in [3.8, 4) is 89.3 Å². The van der Waals surface area contributed by atoms with E-state index >= 15 is 0 Å². The van der Waals surface area contributed by atoms with E-state index in [1.165, 1.54) is 11.1 Å². The van der Waals surface area contributed by atoms with Crippen LogP contribution in [0.2, 0.25) is 0 Å². The third-order valence-corrected chi connectivity index (χ3v) is 13.9. The number of rotatable bonds is 7. The lowest BCUT2D eigenvalue weighted by molar-refractivity contribution is 0.533. The van der Waals surface area contributed by atoms with Gasteiger partial charge in [0.15, 0.2) is 0 Å². The van der Waals surface area contributed by atoms with Gasteiger partial charge in [-0.05, 0) is 95.4 Å². The molecule has 0 aliphatic carbocycles. The summed E-state index contributed by atoms with van der Waals surface area (Å²) in [6.07, 6.45) is 0. The van der Waals surface area contributed by atoms with Crippen molar-refractivity contribution in [2.45, 2.75) is 52.4 Å². The number of benzene rings is 9. The van der Waals surface area contributed by atoms with Crippen LogP contribution in [0, 0.1) is 10.4 Å². The number of para-hydroxylation sites is 1. The van der Waals surface area contributed by atoms with Crippen LogP contribution >= 0.6 is 0 Å². The monoisotopic (exact) mass is 901 g/mol. The van der Waals surface area contributed by atoms with E-state index in [9.17, 15) is 0 Å². The van der Waals surface area contributed by atoms with Crippen molar-refractivity contribution < 1.29 is 0 Å². The summed E-state index contributed by atoms with van der Waals surface area (Å²) in [6.45, 7) is 14.0. The molecule has 5 heteroatoms. The van der Waals surface area contributed by atoms with Crippen molar-refractivity contribution >= 4 is 11.4 Å². The molecule has 0 bridgehead atoms. The summed E-state index contributed by atoms with van der Waals surface area (Å²) in [4.78, 5) is 11.2. The van der Waals surface area contributed by atoms with Gasteiger partial charge in [0.2, 0.25) is 0 Å². The lowest BCUT2D eigenvalue weighted by Crippen LogP contribution is -2.24. The minimum atomic E-state index is -0.347. The Balaban J connectivity index is 1.31. The zero-order chi connectivity index (χ0) is 47.7. The fraction of sp³-hybridized carbons (Fsp3) is 0.123. The van der Waals surface area contributed by atoms with Gasteiger partial charge in [-0.1, -0.05) is 224 Å². The maximum atomic E-state index is 5.74. The second-order valence-corrected chi connectivity index (χ2v) is 20.4. The lowest BCUT2D eigenvalue weighted by Gasteiger charge is -2.36. The zero-order valence-electron chi connectivity index (χ0n) is 40.3. The summed E-state index contributed by atoms with van der Waals surface area (Å²) in [7, 11) is 0. The lowest BCUT2D eigenvalue weighted by atomic mass is 9.68. The van der Waals surface area contributed by atoms with Crippen LogP contribution < -0.4 is 10.7 Å². The van der Waals surface area contributed by atoms with Crippen molar-refractivity contribution in [1.29, 1.82) is 0 Å². The average Bonchev–Trinajstić information content (AvgIpc) is 3.97. The minimum absolute atomic E-state index is 0.316. The first-order valence-corrected chi connectivity index (χ1v) is 24.2. The highest BCUT2D eigenvalue weighted by Gasteiger charge is 2.40. The Bertz CT molecular complexity index is 3940. The molecular formula is C65H51N5. The molecule has 336 valence electrons. The molecule has 0 spiro atoms. The first-order valence-electron chi connectivity index (χ1n) is 24.2. The van der Waals surface area contributed by atoms with E-state index in [0.717, 1.165) is 122 Å². The van der Waals surface area contributed by atoms with Crippen LogP contribution in [0.3, 0.4) is 0 Å². The Morgan fingerprint density at radius 1 is 0.286 bits per heavy atom. The molecular weight excluding hydrogens is 851 g/mol. The van der Waals surface area contributed by atoms with Crippen LogP contribution in [0.4, 0.5) is 11.4 Å². The zero-order valence-corrected chi connectivity index (χ0v) is 40.3. The van der Waals surface area contributed by atoms with Gasteiger partial charge in [-0.25, -0.2) is 9.98 Å². The fourth-order valence-corrected chi connectivity index (χ4v) is 11.0. The molecule has 0 atom stereocenters. The number of hydrogen-bond acceptors (Lipinski definition) is 5. The van der Waals surface area contributed by atoms with Crippen molar-refractivity contribution in [2.24, 2.45) is 9.98 Å². The van der Waals surface area contributed by atoms with Crippen LogP contribution in [0.1, 0.15) is 52.7 Å². The van der Waals surface area contributed by atoms with Crippen LogP contribution in [-0.2, 0) is 10.8 Å². The topological polar surface area (TPSA) is 63.4 Å². The molecule has 0 saturated heterocycles. The van der Waals surface area contributed by atoms with Crippen molar-refractivity contribution in [3.05, 3.63) is 232 Å². The summed E-state index contributed by atoms with van der Waals surface area (Å²) in [5.74, 6) is 0. The molecule has 3 heterocycles. The van der Waals surface area contributed by atoms with Gasteiger partial charge >= 0.3 is 0 Å². The highest BCUT2D eigenvalue weighted by atomic mass is 15.3. The van der Waals surface area contributed by atoms with Crippen LogP contribution in [0.15, 0.2) is 210 Å². The van der Waals surface area contributed by atoms with Crippen LogP contribution in [-0.4, -0.2) is 15.4 Å². The molecule has 0 unspecified atom stereocenters. The summed E-state index contributed by atoms with van der Waals surface area (Å²) < 4.78 is 0. The molecule has 5 nitrogen and oxygen atoms in total. The van der Waals surface area contributed by atoms with E-state index < -0.39 is 0 Å². The first-order chi connectivity index (χ1) is 34.1. The first kappa shape index (κ1) is 42.9. The fourth-order valence-electron chi connectivity index (χ4n) is 11.0. The SMILES string of the molecule is CC(C)(C)c1c2c(c(-c3nnnc(-c4ccccc4-c4ccccc4)c3-c3ccccc3-c3ccccc3-c3ccccc3)c(-c3ccccc3)c1C(C)(C)C)-c1c3c(ccc1=N2)=c1ccccc1=N3. The molecule has 0 amide bonds. The predicted octanol–water partition coefficient (Wildman–Crippen LogP) is 15.6. The predicted molar refractivity (Wildman–Crippen MR) is 286 cm³/mol. The van der Waals surface area contributed by atoms with E-state index in [4.69, 9.17) is 25.4 Å². The molecule has 9 aromatic carbocycles. The van der Waals surface area contributed by atoms with Crippen molar-refractivity contribution in [1.82, 2.24) is 15.4 Å². The molecule has 0 N–H and O–H groups in total. The summed E-state index contributed by atoms with van der Waals surface area (Å²) in [6, 6.07) is 71.0. The molecule has 70 heavy (non-hydrogen) atoms. The van der Waals surface area contributed by atoms with Crippen molar-refractivity contribution in [3.63, 3.8) is 0 Å². The molecule has 10 aromatic rings. The van der Waals surface area contributed by atoms with Crippen LogP contribution in [0.25, 0.3) is 89.3 Å². The molecule has 0 fully saturated rings. The standard InChI is InChI=1S/C65H51N5/c1-64(2,3)58-53(42-28-14-9-15-29-42)56(57-55-52(67-63(57)59(58)65(4,5)6)39-38-50-47-34-22-23-37-51(47)66-60(50)55)62-54(61(68-70-69-62)49-36-21-17-31-44(49)41-26-12-8-13-27-41)48-35-20-19-33-46(48)45-32-18-16-30-43(45)40-24-10-7-11-25-40/h7-39H,1-6H3. The molecule has 12 rings (SSSR count). The van der Waals surface area contributed by atoms with Gasteiger partial charge in [-0.2, -0.15) is 0 Å². The van der Waals surface area contributed by atoms with E-state index in [1.807, 2.05) is 0 Å². The Hall–Kier alpha value is -8.41. The van der Waals surface area contributed by atoms with Gasteiger partial charge in [0.1, 0.15) is 11.4 Å². The summed E-state index contributed by atoms with van der Waals surface area (Å²) in [5.41, 5.74) is 19.8. The third-order valence-electron chi connectivity index (χ3n) is 13.9. The minimum Gasteiger partial charge on any atom is -0.247 e. The third kappa shape index (κ3) is 7.03. The van der Waals surface area contributed by atoms with E-state index in [0.29, 0.717) is 0 Å². The number of aromatic nitrogens is 3. The summed E-state index contributed by atoms with van der Waals surface area (Å²) in [5, 5.41) is 19.5. The summed E-state index contributed by atoms with van der Waals surface area (Å²) >= 11 is 0. The van der Waals surface area contributed by atoms with Gasteiger partial charge in [0, 0.05) is 38.3 Å². The molecule has 1 aromatic heterocycles. The smallest absolute Gasteiger partial charge is 0.106 e. The number of hydrogen-bond donors (Lipinski definition) is 0. The maximum Gasteiger partial charge on any atom is 0.106 e. The normalized spacial score (nSPS) is 12.4. The second-order valence-electron chi connectivity index (χ2n) is 20.4. The van der Waals surface area contributed by atoms with Gasteiger partial charge in [0.25, 0.3) is 0 Å². The second kappa shape index (κ2) is 16.7. The van der Waals surface area contributed by atoms with Crippen LogP contribution in [0.5, 0.6) is 0 Å². The van der Waals surface area contributed by atoms with Crippen molar-refractivity contribution in [2.75, 3.05) is 0 Å². The Kier molecular flexibility index (Phi) is 10.2. The van der Waals surface area contributed by atoms with Gasteiger partial charge < -0.3 is 0 Å². The quantitative estimate of drug-likeness (QED) is 0.160. The Labute approximate surface area is 409 Å². The average molecular weight is 902 g/mol. The highest BCUT2D eigenvalue weighted by Crippen LogP contribution is 2.59. The molecule has 0 saturated carbocycles. The molecule has 2 aliphatic heterocycles. The number of fused-ring (bicyclic) bond motifs is 6. The van der Waals surface area contributed by atoms with Gasteiger partial charge in [0.05, 0.1) is 22.1 Å². The largest absolute Gasteiger partial charge is 0.247 e. The van der Waals surface area contributed by atoms with E-state index in [2.05, 4.69) is 242 Å². The maximum absolute atomic E-state index is 5.74. The Morgan fingerprint density at radius 3 is 1.37 bits per heavy atom. The molecule has 0 radical (unpaired) electrons. The van der Waals surface area contributed by atoms with Gasteiger partial charge in [-0.3, -0.25) is 0 Å². The molecule has 2 aliphatic rings. The number of nitrogens with zero attached hydrogens (tertiary/aromatic N) is 5. The van der Waals surface area contributed by atoms with Gasteiger partial charge in [-0.15, -0.1) is 10.2 Å².